The van der Waals surface area contributed by atoms with E-state index in [4.69, 9.17) is 9.47 Å². The number of hydrogen-bond acceptors (Lipinski definition) is 5. The summed E-state index contributed by atoms with van der Waals surface area (Å²) in [6, 6.07) is 15.0. The number of nitrogens with zero attached hydrogens (tertiary/aromatic N) is 1. The summed E-state index contributed by atoms with van der Waals surface area (Å²) in [5.41, 5.74) is 1.63. The molecule has 164 valence electrons. The first-order valence-electron chi connectivity index (χ1n) is 10.3. The molecule has 31 heavy (non-hydrogen) atoms. The molecule has 2 N–H and O–H groups in total. The summed E-state index contributed by atoms with van der Waals surface area (Å²) in [5.74, 6) is 1.18. The molecule has 2 aromatic carbocycles. The zero-order valence-corrected chi connectivity index (χ0v) is 18.0. The van der Waals surface area contributed by atoms with Gasteiger partial charge in [0.15, 0.2) is 0 Å². The Labute approximate surface area is 183 Å². The van der Waals surface area contributed by atoms with Gasteiger partial charge in [0.2, 0.25) is 11.8 Å². The predicted octanol–water partition coefficient (Wildman–Crippen LogP) is 2.94. The molecule has 1 heterocycles. The van der Waals surface area contributed by atoms with Crippen molar-refractivity contribution in [3.05, 3.63) is 60.2 Å². The SMILES string of the molecule is COc1cc(C=CC(=O)NC2CCN(CC(=O)Nc3ccccc3)CC2)cc(OC)c1. The molecule has 2 amide bonds. The van der Waals surface area contributed by atoms with E-state index in [1.54, 1.807) is 26.4 Å². The molecule has 2 aromatic rings. The molecule has 7 nitrogen and oxygen atoms in total. The van der Waals surface area contributed by atoms with Gasteiger partial charge in [0.25, 0.3) is 0 Å². The Morgan fingerprint density at radius 1 is 1.03 bits per heavy atom. The number of likely N-dealkylation sites (tertiary alicyclic amines) is 1. The van der Waals surface area contributed by atoms with Crippen LogP contribution in [-0.4, -0.2) is 56.6 Å². The second kappa shape index (κ2) is 11.2. The monoisotopic (exact) mass is 423 g/mol. The summed E-state index contributed by atoms with van der Waals surface area (Å²) in [5, 5.41) is 5.95. The minimum Gasteiger partial charge on any atom is -0.497 e. The summed E-state index contributed by atoms with van der Waals surface area (Å²) in [6.45, 7) is 1.89. The fourth-order valence-electron chi connectivity index (χ4n) is 3.51. The van der Waals surface area contributed by atoms with E-state index in [1.165, 1.54) is 6.08 Å². The third kappa shape index (κ3) is 7.15. The molecule has 0 aromatic heterocycles. The van der Waals surface area contributed by atoms with E-state index in [-0.39, 0.29) is 17.9 Å². The van der Waals surface area contributed by atoms with Gasteiger partial charge >= 0.3 is 0 Å². The van der Waals surface area contributed by atoms with Gasteiger partial charge < -0.3 is 20.1 Å². The summed E-state index contributed by atoms with van der Waals surface area (Å²) in [6.07, 6.45) is 4.88. The topological polar surface area (TPSA) is 79.9 Å². The van der Waals surface area contributed by atoms with Crippen LogP contribution in [0.1, 0.15) is 18.4 Å². The molecule has 0 atom stereocenters. The van der Waals surface area contributed by atoms with Crippen LogP contribution in [0.4, 0.5) is 5.69 Å². The average Bonchev–Trinajstić information content (AvgIpc) is 2.79. The maximum absolute atomic E-state index is 12.3. The molecule has 0 aliphatic carbocycles. The van der Waals surface area contributed by atoms with Crippen molar-refractivity contribution < 1.29 is 19.1 Å². The van der Waals surface area contributed by atoms with E-state index in [0.717, 1.165) is 37.2 Å². The van der Waals surface area contributed by atoms with E-state index >= 15 is 0 Å². The molecule has 0 saturated carbocycles. The number of nitrogens with one attached hydrogen (secondary N) is 2. The van der Waals surface area contributed by atoms with Gasteiger partial charge in [-0.2, -0.15) is 0 Å². The third-order valence-corrected chi connectivity index (χ3v) is 5.16. The molecule has 1 fully saturated rings. The van der Waals surface area contributed by atoms with Crippen molar-refractivity contribution in [2.75, 3.05) is 39.2 Å². The highest BCUT2D eigenvalue weighted by Crippen LogP contribution is 2.23. The molecule has 3 rings (SSSR count). The molecule has 1 saturated heterocycles. The zero-order chi connectivity index (χ0) is 22.1. The highest BCUT2D eigenvalue weighted by molar-refractivity contribution is 5.92. The van der Waals surface area contributed by atoms with Gasteiger partial charge in [0.1, 0.15) is 11.5 Å². The first-order valence-corrected chi connectivity index (χ1v) is 10.3. The van der Waals surface area contributed by atoms with Gasteiger partial charge in [-0.3, -0.25) is 14.5 Å². The lowest BCUT2D eigenvalue weighted by Crippen LogP contribution is -2.46. The second-order valence-corrected chi connectivity index (χ2v) is 7.45. The maximum Gasteiger partial charge on any atom is 0.244 e. The van der Waals surface area contributed by atoms with Gasteiger partial charge in [0, 0.05) is 37.0 Å². The van der Waals surface area contributed by atoms with Crippen LogP contribution in [0, 0.1) is 0 Å². The second-order valence-electron chi connectivity index (χ2n) is 7.45. The van der Waals surface area contributed by atoms with Crippen LogP contribution in [0.3, 0.4) is 0 Å². The molecule has 0 radical (unpaired) electrons. The molecule has 1 aliphatic rings. The molecular weight excluding hydrogens is 394 g/mol. The number of hydrogen-bond donors (Lipinski definition) is 2. The minimum atomic E-state index is -0.137. The van der Waals surface area contributed by atoms with Crippen LogP contribution in [0.2, 0.25) is 0 Å². The summed E-state index contributed by atoms with van der Waals surface area (Å²) < 4.78 is 10.5. The van der Waals surface area contributed by atoms with Crippen LogP contribution in [0.5, 0.6) is 11.5 Å². The lowest BCUT2D eigenvalue weighted by molar-refractivity contribution is -0.119. The lowest BCUT2D eigenvalue weighted by Gasteiger charge is -2.31. The Kier molecular flexibility index (Phi) is 8.06. The number of ether oxygens (including phenoxy) is 2. The number of carbonyl (C=O) groups is 2. The Morgan fingerprint density at radius 2 is 1.68 bits per heavy atom. The highest BCUT2D eigenvalue weighted by atomic mass is 16.5. The van der Waals surface area contributed by atoms with Crippen molar-refractivity contribution in [1.82, 2.24) is 10.2 Å². The first kappa shape index (κ1) is 22.4. The third-order valence-electron chi connectivity index (χ3n) is 5.16. The number of methoxy groups -OCH3 is 2. The number of rotatable bonds is 8. The Bertz CT molecular complexity index is 884. The van der Waals surface area contributed by atoms with Gasteiger partial charge in [-0.15, -0.1) is 0 Å². The van der Waals surface area contributed by atoms with Crippen molar-refractivity contribution in [2.45, 2.75) is 18.9 Å². The number of amides is 2. The Balaban J connectivity index is 1.42. The number of piperidine rings is 1. The summed E-state index contributed by atoms with van der Waals surface area (Å²) >= 11 is 0. The maximum atomic E-state index is 12.3. The molecule has 7 heteroatoms. The van der Waals surface area contributed by atoms with E-state index < -0.39 is 0 Å². The molecular formula is C24H29N3O4. The molecule has 0 bridgehead atoms. The number of benzene rings is 2. The number of para-hydroxylation sites is 1. The largest absolute Gasteiger partial charge is 0.497 e. The fraction of sp³-hybridized carbons (Fsp3) is 0.333. The van der Waals surface area contributed by atoms with E-state index in [2.05, 4.69) is 15.5 Å². The molecule has 0 spiro atoms. The van der Waals surface area contributed by atoms with Crippen LogP contribution in [0.25, 0.3) is 6.08 Å². The van der Waals surface area contributed by atoms with Crippen molar-refractivity contribution in [2.24, 2.45) is 0 Å². The minimum absolute atomic E-state index is 0.0228. The average molecular weight is 424 g/mol. The van der Waals surface area contributed by atoms with Crippen LogP contribution < -0.4 is 20.1 Å². The van der Waals surface area contributed by atoms with E-state index in [9.17, 15) is 9.59 Å². The normalized spacial score (nSPS) is 14.9. The standard InChI is InChI=1S/C24H29N3O4/c1-30-21-14-18(15-22(16-21)31-2)8-9-23(28)25-20-10-12-27(13-11-20)17-24(29)26-19-6-4-3-5-7-19/h3-9,14-16,20H,10-13,17H2,1-2H3,(H,25,28)(H,26,29). The van der Waals surface area contributed by atoms with Crippen LogP contribution in [-0.2, 0) is 9.59 Å². The van der Waals surface area contributed by atoms with Gasteiger partial charge in [-0.1, -0.05) is 18.2 Å². The number of anilines is 1. The lowest BCUT2D eigenvalue weighted by atomic mass is 10.0. The van der Waals surface area contributed by atoms with Crippen molar-refractivity contribution in [3.63, 3.8) is 0 Å². The number of carbonyl (C=O) groups excluding carboxylic acids is 2. The van der Waals surface area contributed by atoms with Crippen molar-refractivity contribution in [3.8, 4) is 11.5 Å². The van der Waals surface area contributed by atoms with Gasteiger partial charge in [-0.05, 0) is 48.7 Å². The van der Waals surface area contributed by atoms with Gasteiger partial charge in [-0.25, -0.2) is 0 Å². The Hall–Kier alpha value is -3.32. The van der Waals surface area contributed by atoms with Crippen LogP contribution in [0.15, 0.2) is 54.6 Å². The molecule has 1 aliphatic heterocycles. The van der Waals surface area contributed by atoms with Crippen LogP contribution >= 0.6 is 0 Å². The van der Waals surface area contributed by atoms with Gasteiger partial charge in [0.05, 0.1) is 20.8 Å². The first-order chi connectivity index (χ1) is 15.1. The smallest absolute Gasteiger partial charge is 0.244 e. The summed E-state index contributed by atoms with van der Waals surface area (Å²) in [7, 11) is 3.18. The summed E-state index contributed by atoms with van der Waals surface area (Å²) in [4.78, 5) is 26.6. The fourth-order valence-corrected chi connectivity index (χ4v) is 3.51. The predicted molar refractivity (Wildman–Crippen MR) is 121 cm³/mol. The molecule has 0 unspecified atom stereocenters. The van der Waals surface area contributed by atoms with E-state index in [1.807, 2.05) is 42.5 Å². The zero-order valence-electron chi connectivity index (χ0n) is 18.0. The van der Waals surface area contributed by atoms with Crippen molar-refractivity contribution >= 4 is 23.6 Å². The van der Waals surface area contributed by atoms with E-state index in [0.29, 0.717) is 18.0 Å². The quantitative estimate of drug-likeness (QED) is 0.638. The Morgan fingerprint density at radius 3 is 2.29 bits per heavy atom. The van der Waals surface area contributed by atoms with Crippen molar-refractivity contribution in [1.29, 1.82) is 0 Å². The highest BCUT2D eigenvalue weighted by Gasteiger charge is 2.21.